The lowest BCUT2D eigenvalue weighted by atomic mass is 9.74. The van der Waals surface area contributed by atoms with E-state index in [2.05, 4.69) is 26.2 Å². The van der Waals surface area contributed by atoms with Crippen molar-refractivity contribution in [2.45, 2.75) is 18.3 Å². The van der Waals surface area contributed by atoms with Crippen LogP contribution in [0.2, 0.25) is 0 Å². The minimum Gasteiger partial charge on any atom is -0.495 e. The number of guanidine groups is 1. The standard InChI is InChI=1S/C25H33FN4O2/c1-27-24(30-14-12-29(13-15-30)22-8-3-4-9-23(22)31-2)28-19-25(10-16-32-17-11-25)20-6-5-7-21(26)18-20/h3-9,18H,10-17,19H2,1-2H3,(H,27,28). The van der Waals surface area contributed by atoms with Gasteiger partial charge in [0.1, 0.15) is 11.6 Å². The molecule has 0 bridgehead atoms. The molecule has 2 aliphatic heterocycles. The molecule has 6 nitrogen and oxygen atoms in total. The Bertz CT molecular complexity index is 922. The molecule has 0 unspecified atom stereocenters. The lowest BCUT2D eigenvalue weighted by Gasteiger charge is -2.41. The van der Waals surface area contributed by atoms with Crippen molar-refractivity contribution in [3.05, 3.63) is 59.9 Å². The number of nitrogens with zero attached hydrogens (tertiary/aromatic N) is 3. The van der Waals surface area contributed by atoms with E-state index in [1.807, 2.05) is 31.3 Å². The largest absolute Gasteiger partial charge is 0.495 e. The fraction of sp³-hybridized carbons (Fsp3) is 0.480. The summed E-state index contributed by atoms with van der Waals surface area (Å²) in [6.45, 7) is 5.61. The van der Waals surface area contributed by atoms with Gasteiger partial charge in [0.15, 0.2) is 5.96 Å². The second-order valence-electron chi connectivity index (χ2n) is 8.45. The van der Waals surface area contributed by atoms with Crippen molar-refractivity contribution in [2.75, 3.05) is 65.0 Å². The normalized spacial score (nSPS) is 19.0. The Morgan fingerprint density at radius 2 is 1.84 bits per heavy atom. The van der Waals surface area contributed by atoms with E-state index >= 15 is 0 Å². The molecule has 0 atom stereocenters. The van der Waals surface area contributed by atoms with E-state index in [-0.39, 0.29) is 11.2 Å². The van der Waals surface area contributed by atoms with E-state index in [4.69, 9.17) is 9.47 Å². The lowest BCUT2D eigenvalue weighted by molar-refractivity contribution is 0.0510. The van der Waals surface area contributed by atoms with Crippen LogP contribution in [0.5, 0.6) is 5.75 Å². The first-order valence-electron chi connectivity index (χ1n) is 11.3. The van der Waals surface area contributed by atoms with Crippen LogP contribution in [0.1, 0.15) is 18.4 Å². The summed E-state index contributed by atoms with van der Waals surface area (Å²) in [6.07, 6.45) is 1.73. The second-order valence-corrected chi connectivity index (χ2v) is 8.45. The molecule has 0 aliphatic carbocycles. The summed E-state index contributed by atoms with van der Waals surface area (Å²) in [4.78, 5) is 9.21. The Morgan fingerprint density at radius 1 is 1.09 bits per heavy atom. The monoisotopic (exact) mass is 440 g/mol. The molecular formula is C25H33FN4O2. The lowest BCUT2D eigenvalue weighted by Crippen LogP contribution is -2.55. The smallest absolute Gasteiger partial charge is 0.193 e. The number of para-hydroxylation sites is 2. The number of halogens is 1. The molecule has 2 fully saturated rings. The fourth-order valence-electron chi connectivity index (χ4n) is 4.78. The summed E-state index contributed by atoms with van der Waals surface area (Å²) in [5.41, 5.74) is 2.00. The molecule has 2 aliphatic rings. The van der Waals surface area contributed by atoms with Crippen LogP contribution >= 0.6 is 0 Å². The number of benzene rings is 2. The first-order chi connectivity index (χ1) is 15.6. The second kappa shape index (κ2) is 10.2. The van der Waals surface area contributed by atoms with Crippen LogP contribution in [-0.2, 0) is 10.2 Å². The minimum absolute atomic E-state index is 0.157. The van der Waals surface area contributed by atoms with Gasteiger partial charge in [-0.25, -0.2) is 4.39 Å². The first-order valence-corrected chi connectivity index (χ1v) is 11.3. The molecule has 2 aromatic rings. The average Bonchev–Trinajstić information content (AvgIpc) is 2.85. The number of hydrogen-bond acceptors (Lipinski definition) is 4. The maximum Gasteiger partial charge on any atom is 0.193 e. The third-order valence-corrected chi connectivity index (χ3v) is 6.69. The molecule has 32 heavy (non-hydrogen) atoms. The number of piperazine rings is 1. The summed E-state index contributed by atoms with van der Waals surface area (Å²) in [5, 5.41) is 3.60. The van der Waals surface area contributed by atoms with Crippen LogP contribution in [0.4, 0.5) is 10.1 Å². The van der Waals surface area contributed by atoms with E-state index in [0.29, 0.717) is 19.8 Å². The number of hydrogen-bond donors (Lipinski definition) is 1. The minimum atomic E-state index is -0.190. The van der Waals surface area contributed by atoms with Gasteiger partial charge in [0.25, 0.3) is 0 Å². The van der Waals surface area contributed by atoms with Crippen molar-refractivity contribution in [1.82, 2.24) is 10.2 Å². The molecule has 7 heteroatoms. The highest BCUT2D eigenvalue weighted by molar-refractivity contribution is 5.80. The zero-order valence-corrected chi connectivity index (χ0v) is 19.0. The number of nitrogens with one attached hydrogen (secondary N) is 1. The van der Waals surface area contributed by atoms with E-state index in [9.17, 15) is 4.39 Å². The first kappa shape index (κ1) is 22.4. The maximum atomic E-state index is 14.0. The number of rotatable bonds is 5. The molecule has 0 aromatic heterocycles. The van der Waals surface area contributed by atoms with E-state index in [1.165, 1.54) is 6.07 Å². The molecular weight excluding hydrogens is 407 g/mol. The van der Waals surface area contributed by atoms with Crippen LogP contribution in [-0.4, -0.2) is 71.0 Å². The average molecular weight is 441 g/mol. The summed E-state index contributed by atoms with van der Waals surface area (Å²) >= 11 is 0. The molecule has 0 saturated carbocycles. The van der Waals surface area contributed by atoms with Gasteiger partial charge in [0.05, 0.1) is 12.8 Å². The number of ether oxygens (including phenoxy) is 2. The quantitative estimate of drug-likeness (QED) is 0.571. The molecule has 0 radical (unpaired) electrons. The van der Waals surface area contributed by atoms with Gasteiger partial charge in [-0.15, -0.1) is 0 Å². The zero-order chi connectivity index (χ0) is 22.4. The van der Waals surface area contributed by atoms with Crippen molar-refractivity contribution in [1.29, 1.82) is 0 Å². The molecule has 2 aromatic carbocycles. The SMILES string of the molecule is CN=C(NCC1(c2cccc(F)c2)CCOCC1)N1CCN(c2ccccc2OC)CC1. The maximum absolute atomic E-state index is 14.0. The molecule has 2 heterocycles. The molecule has 172 valence electrons. The van der Waals surface area contributed by atoms with Crippen molar-refractivity contribution in [2.24, 2.45) is 4.99 Å². The zero-order valence-electron chi connectivity index (χ0n) is 19.0. The third-order valence-electron chi connectivity index (χ3n) is 6.69. The van der Waals surface area contributed by atoms with Gasteiger partial charge >= 0.3 is 0 Å². The number of anilines is 1. The van der Waals surface area contributed by atoms with Crippen molar-refractivity contribution in [3.8, 4) is 5.75 Å². The highest BCUT2D eigenvalue weighted by atomic mass is 19.1. The van der Waals surface area contributed by atoms with E-state index in [1.54, 1.807) is 19.2 Å². The summed E-state index contributed by atoms with van der Waals surface area (Å²) in [7, 11) is 3.54. The Hall–Kier alpha value is -2.80. The highest BCUT2D eigenvalue weighted by Gasteiger charge is 2.35. The van der Waals surface area contributed by atoms with Crippen molar-refractivity contribution >= 4 is 11.6 Å². The topological polar surface area (TPSA) is 49.3 Å². The fourth-order valence-corrected chi connectivity index (χ4v) is 4.78. The molecule has 0 spiro atoms. The predicted molar refractivity (Wildman–Crippen MR) is 126 cm³/mol. The van der Waals surface area contributed by atoms with Gasteiger partial charge in [-0.2, -0.15) is 0 Å². The van der Waals surface area contributed by atoms with Gasteiger partial charge in [0, 0.05) is 58.4 Å². The Kier molecular flexibility index (Phi) is 7.15. The number of aliphatic imine (C=N–C) groups is 1. The number of methoxy groups -OCH3 is 1. The van der Waals surface area contributed by atoms with Gasteiger partial charge < -0.3 is 24.6 Å². The van der Waals surface area contributed by atoms with Crippen LogP contribution in [0.25, 0.3) is 0 Å². The summed E-state index contributed by atoms with van der Waals surface area (Å²) < 4.78 is 25.1. The molecule has 2 saturated heterocycles. The Balaban J connectivity index is 1.41. The molecule has 0 amide bonds. The Morgan fingerprint density at radius 3 is 2.53 bits per heavy atom. The van der Waals surface area contributed by atoms with Crippen molar-refractivity contribution in [3.63, 3.8) is 0 Å². The highest BCUT2D eigenvalue weighted by Crippen LogP contribution is 2.35. The molecule has 4 rings (SSSR count). The van der Waals surface area contributed by atoms with Gasteiger partial charge in [0.2, 0.25) is 0 Å². The van der Waals surface area contributed by atoms with E-state index < -0.39 is 0 Å². The summed E-state index contributed by atoms with van der Waals surface area (Å²) in [5.74, 6) is 1.61. The van der Waals surface area contributed by atoms with Crippen LogP contribution in [0.3, 0.4) is 0 Å². The predicted octanol–water partition coefficient (Wildman–Crippen LogP) is 3.28. The Labute approximate surface area is 190 Å². The van der Waals surface area contributed by atoms with Crippen LogP contribution < -0.4 is 15.0 Å². The van der Waals surface area contributed by atoms with E-state index in [0.717, 1.165) is 62.0 Å². The third kappa shape index (κ3) is 4.83. The molecule has 1 N–H and O–H groups in total. The van der Waals surface area contributed by atoms with Crippen LogP contribution in [0.15, 0.2) is 53.5 Å². The summed E-state index contributed by atoms with van der Waals surface area (Å²) in [6, 6.07) is 15.2. The van der Waals surface area contributed by atoms with Gasteiger partial charge in [-0.1, -0.05) is 24.3 Å². The van der Waals surface area contributed by atoms with Crippen LogP contribution in [0, 0.1) is 5.82 Å². The van der Waals surface area contributed by atoms with Gasteiger partial charge in [-0.05, 0) is 42.7 Å². The van der Waals surface area contributed by atoms with Crippen molar-refractivity contribution < 1.29 is 13.9 Å². The van der Waals surface area contributed by atoms with Gasteiger partial charge in [-0.3, -0.25) is 4.99 Å².